The van der Waals surface area contributed by atoms with Crippen LogP contribution in [-0.2, 0) is 27.1 Å². The van der Waals surface area contributed by atoms with Crippen LogP contribution < -0.4 is 11.1 Å². The zero-order chi connectivity index (χ0) is 17.1. The number of esters is 1. The smallest absolute Gasteiger partial charge is 0.322 e. The number of unbranched alkanes of at least 4 members (excludes halogenated alkanes) is 1. The summed E-state index contributed by atoms with van der Waals surface area (Å²) in [5, 5.41) is 3.14. The third-order valence-electron chi connectivity index (χ3n) is 3.70. The molecule has 0 amide bonds. The lowest BCUT2D eigenvalue weighted by atomic mass is 10.1. The predicted octanol–water partition coefficient (Wildman–Crippen LogP) is 1.92. The summed E-state index contributed by atoms with van der Waals surface area (Å²) in [7, 11) is 3.24. The van der Waals surface area contributed by atoms with Crippen molar-refractivity contribution in [2.45, 2.75) is 45.1 Å². The van der Waals surface area contributed by atoms with Crippen LogP contribution in [0.2, 0.25) is 0 Å². The number of pyridine rings is 1. The lowest BCUT2D eigenvalue weighted by Crippen LogP contribution is -2.32. The maximum atomic E-state index is 11.1. The summed E-state index contributed by atoms with van der Waals surface area (Å²) in [4.78, 5) is 15.7. The van der Waals surface area contributed by atoms with Gasteiger partial charge >= 0.3 is 5.97 Å². The van der Waals surface area contributed by atoms with E-state index in [0.29, 0.717) is 19.6 Å². The van der Waals surface area contributed by atoms with E-state index in [2.05, 4.69) is 34.1 Å². The molecular formula is C17H29N3O3. The molecule has 1 rings (SSSR count). The minimum absolute atomic E-state index is 0.393. The largest absolute Gasteiger partial charge is 0.468 e. The minimum atomic E-state index is -0.596. The summed E-state index contributed by atoms with van der Waals surface area (Å²) in [6.45, 7) is 3.27. The summed E-state index contributed by atoms with van der Waals surface area (Å²) in [6.07, 6.45) is 4.37. The van der Waals surface area contributed by atoms with Crippen molar-refractivity contribution in [1.82, 2.24) is 4.98 Å². The molecule has 0 saturated carbocycles. The second kappa shape index (κ2) is 11.0. The fourth-order valence-electron chi connectivity index (χ4n) is 2.26. The summed E-state index contributed by atoms with van der Waals surface area (Å²) < 4.78 is 10.1. The van der Waals surface area contributed by atoms with Gasteiger partial charge in [-0.1, -0.05) is 13.0 Å². The highest BCUT2D eigenvalue weighted by Crippen LogP contribution is 2.15. The van der Waals surface area contributed by atoms with Gasteiger partial charge < -0.3 is 20.5 Å². The first-order valence-electron chi connectivity index (χ1n) is 8.20. The maximum absolute atomic E-state index is 11.1. The lowest BCUT2D eigenvalue weighted by molar-refractivity contribution is -0.142. The number of carbonyl (C=O) groups is 1. The van der Waals surface area contributed by atoms with Gasteiger partial charge in [-0.25, -0.2) is 4.98 Å². The third-order valence-corrected chi connectivity index (χ3v) is 3.70. The molecule has 0 aliphatic rings. The van der Waals surface area contributed by atoms with Crippen LogP contribution in [0.3, 0.4) is 0 Å². The molecule has 23 heavy (non-hydrogen) atoms. The molecule has 0 fully saturated rings. The molecule has 0 aliphatic carbocycles. The Morgan fingerprint density at radius 2 is 2.13 bits per heavy atom. The fraction of sp³-hybridized carbons (Fsp3) is 0.647. The van der Waals surface area contributed by atoms with Gasteiger partial charge in [-0.2, -0.15) is 0 Å². The number of hydrogen-bond acceptors (Lipinski definition) is 6. The van der Waals surface area contributed by atoms with Gasteiger partial charge in [0.1, 0.15) is 11.9 Å². The number of nitrogens with zero attached hydrogens (tertiary/aromatic N) is 1. The molecule has 1 heterocycles. The van der Waals surface area contributed by atoms with Crippen molar-refractivity contribution in [2.75, 3.05) is 32.7 Å². The molecule has 1 atom stereocenters. The summed E-state index contributed by atoms with van der Waals surface area (Å²) in [6, 6.07) is 3.63. The van der Waals surface area contributed by atoms with Crippen molar-refractivity contribution < 1.29 is 14.3 Å². The molecule has 1 aromatic heterocycles. The summed E-state index contributed by atoms with van der Waals surface area (Å²) in [5.41, 5.74) is 7.96. The third kappa shape index (κ3) is 6.97. The normalized spacial score (nSPS) is 12.0. The van der Waals surface area contributed by atoms with Crippen LogP contribution in [0, 0.1) is 0 Å². The number of aryl methyl sites for hydroxylation is 2. The number of ether oxygens (including phenoxy) is 2. The fourth-order valence-corrected chi connectivity index (χ4v) is 2.26. The van der Waals surface area contributed by atoms with E-state index in [1.807, 2.05) is 7.05 Å². The number of rotatable bonds is 11. The van der Waals surface area contributed by atoms with E-state index in [1.165, 1.54) is 12.7 Å². The Morgan fingerprint density at radius 1 is 1.35 bits per heavy atom. The lowest BCUT2D eigenvalue weighted by Gasteiger charge is -2.10. The van der Waals surface area contributed by atoms with Crippen LogP contribution in [0.4, 0.5) is 5.82 Å². The highest BCUT2D eigenvalue weighted by molar-refractivity contribution is 5.75. The molecular weight excluding hydrogens is 294 g/mol. The van der Waals surface area contributed by atoms with Crippen LogP contribution >= 0.6 is 0 Å². The predicted molar refractivity (Wildman–Crippen MR) is 91.5 cm³/mol. The molecule has 0 saturated heterocycles. The summed E-state index contributed by atoms with van der Waals surface area (Å²) in [5.74, 6) is 0.577. The molecule has 0 aliphatic heterocycles. The quantitative estimate of drug-likeness (QED) is 0.478. The Labute approximate surface area is 138 Å². The molecule has 0 aromatic carbocycles. The van der Waals surface area contributed by atoms with Gasteiger partial charge in [-0.15, -0.1) is 0 Å². The molecule has 0 bridgehead atoms. The van der Waals surface area contributed by atoms with Gasteiger partial charge in [-0.05, 0) is 43.7 Å². The molecule has 0 spiro atoms. The van der Waals surface area contributed by atoms with Crippen molar-refractivity contribution >= 4 is 11.8 Å². The van der Waals surface area contributed by atoms with Gasteiger partial charge in [0.2, 0.25) is 0 Å². The van der Waals surface area contributed by atoms with E-state index in [1.54, 1.807) is 0 Å². The number of aromatic nitrogens is 1. The number of hydrogen-bond donors (Lipinski definition) is 2. The Hall–Kier alpha value is -1.66. The maximum Gasteiger partial charge on any atom is 0.322 e. The van der Waals surface area contributed by atoms with Crippen LogP contribution in [0.5, 0.6) is 0 Å². The van der Waals surface area contributed by atoms with Gasteiger partial charge in [0, 0.05) is 26.0 Å². The van der Waals surface area contributed by atoms with E-state index in [-0.39, 0.29) is 0 Å². The van der Waals surface area contributed by atoms with E-state index in [4.69, 9.17) is 10.5 Å². The van der Waals surface area contributed by atoms with Crippen molar-refractivity contribution in [2.24, 2.45) is 5.73 Å². The summed E-state index contributed by atoms with van der Waals surface area (Å²) >= 11 is 0. The zero-order valence-electron chi connectivity index (χ0n) is 14.4. The number of carbonyl (C=O) groups excluding carboxylic acids is 1. The van der Waals surface area contributed by atoms with E-state index < -0.39 is 12.0 Å². The SMILES string of the molecule is CCc1ccc(CCCCOCCC(N)C(=O)OC)nc1NC. The molecule has 1 aromatic rings. The number of nitrogens with two attached hydrogens (primary N) is 1. The highest BCUT2D eigenvalue weighted by atomic mass is 16.5. The van der Waals surface area contributed by atoms with Gasteiger partial charge in [-0.3, -0.25) is 4.79 Å². The first-order valence-corrected chi connectivity index (χ1v) is 8.20. The first kappa shape index (κ1) is 19.4. The van der Waals surface area contributed by atoms with Crippen molar-refractivity contribution in [3.8, 4) is 0 Å². The van der Waals surface area contributed by atoms with E-state index in [9.17, 15) is 4.79 Å². The molecule has 0 radical (unpaired) electrons. The molecule has 3 N–H and O–H groups in total. The van der Waals surface area contributed by atoms with Crippen LogP contribution in [0.25, 0.3) is 0 Å². The van der Waals surface area contributed by atoms with Crippen molar-refractivity contribution in [1.29, 1.82) is 0 Å². The second-order valence-electron chi connectivity index (χ2n) is 5.40. The second-order valence-corrected chi connectivity index (χ2v) is 5.40. The Bertz CT molecular complexity index is 480. The monoisotopic (exact) mass is 323 g/mol. The van der Waals surface area contributed by atoms with Gasteiger partial charge in [0.15, 0.2) is 0 Å². The van der Waals surface area contributed by atoms with E-state index in [0.717, 1.165) is 37.2 Å². The number of nitrogens with one attached hydrogen (secondary N) is 1. The van der Waals surface area contributed by atoms with Crippen molar-refractivity contribution in [3.05, 3.63) is 23.4 Å². The topological polar surface area (TPSA) is 86.5 Å². The first-order chi connectivity index (χ1) is 11.1. The van der Waals surface area contributed by atoms with Crippen LogP contribution in [-0.4, -0.2) is 44.4 Å². The Morgan fingerprint density at radius 3 is 2.78 bits per heavy atom. The molecule has 6 heteroatoms. The number of methoxy groups -OCH3 is 1. The molecule has 6 nitrogen and oxygen atoms in total. The zero-order valence-corrected chi connectivity index (χ0v) is 14.4. The van der Waals surface area contributed by atoms with Crippen LogP contribution in [0.1, 0.15) is 37.4 Å². The Balaban J connectivity index is 2.17. The number of anilines is 1. The van der Waals surface area contributed by atoms with Gasteiger partial charge in [0.05, 0.1) is 7.11 Å². The minimum Gasteiger partial charge on any atom is -0.468 e. The average Bonchev–Trinajstić information content (AvgIpc) is 2.59. The Kier molecular flexibility index (Phi) is 9.24. The van der Waals surface area contributed by atoms with Crippen molar-refractivity contribution in [3.63, 3.8) is 0 Å². The molecule has 1 unspecified atom stereocenters. The van der Waals surface area contributed by atoms with Gasteiger partial charge in [0.25, 0.3) is 0 Å². The molecule has 130 valence electrons. The standard InChI is InChI=1S/C17H29N3O3/c1-4-13-8-9-14(20-16(13)19-2)7-5-6-11-23-12-10-15(18)17(21)22-3/h8-9,15H,4-7,10-12,18H2,1-3H3,(H,19,20). The highest BCUT2D eigenvalue weighted by Gasteiger charge is 2.12. The average molecular weight is 323 g/mol. The van der Waals surface area contributed by atoms with Crippen LogP contribution in [0.15, 0.2) is 12.1 Å². The van der Waals surface area contributed by atoms with E-state index >= 15 is 0 Å².